The van der Waals surface area contributed by atoms with Crippen LogP contribution in [0.4, 0.5) is 0 Å². The van der Waals surface area contributed by atoms with E-state index < -0.39 is 6.10 Å². The maximum absolute atomic E-state index is 12.9. The SMILES string of the molecule is CC[C@H](Oc1ccc(C)cc1)C(=O)N[C@@H]1CC(C)(C)Oc2ccccc21. The Balaban J connectivity index is 1.74. The van der Waals surface area contributed by atoms with Gasteiger partial charge in [0.15, 0.2) is 6.10 Å². The maximum atomic E-state index is 12.9. The minimum absolute atomic E-state index is 0.0851. The quantitative estimate of drug-likeness (QED) is 0.856. The van der Waals surface area contributed by atoms with Crippen LogP contribution in [0.15, 0.2) is 48.5 Å². The summed E-state index contributed by atoms with van der Waals surface area (Å²) >= 11 is 0. The first-order valence-electron chi connectivity index (χ1n) is 9.19. The maximum Gasteiger partial charge on any atom is 0.261 e. The van der Waals surface area contributed by atoms with Gasteiger partial charge in [-0.1, -0.05) is 42.8 Å². The van der Waals surface area contributed by atoms with E-state index in [1.807, 2.05) is 76.2 Å². The number of aryl methyl sites for hydroxylation is 1. The van der Waals surface area contributed by atoms with Crippen LogP contribution < -0.4 is 14.8 Å². The molecule has 1 amide bonds. The van der Waals surface area contributed by atoms with Crippen LogP contribution in [0.25, 0.3) is 0 Å². The predicted octanol–water partition coefficient (Wildman–Crippen LogP) is 4.57. The van der Waals surface area contributed by atoms with Crippen LogP contribution in [-0.2, 0) is 4.79 Å². The predicted molar refractivity (Wildman–Crippen MR) is 103 cm³/mol. The molecule has 2 atom stereocenters. The number of carbonyl (C=O) groups excluding carboxylic acids is 1. The van der Waals surface area contributed by atoms with Crippen molar-refractivity contribution in [3.05, 3.63) is 59.7 Å². The van der Waals surface area contributed by atoms with Gasteiger partial charge in [-0.2, -0.15) is 0 Å². The number of benzene rings is 2. The minimum Gasteiger partial charge on any atom is -0.487 e. The van der Waals surface area contributed by atoms with E-state index in [9.17, 15) is 4.79 Å². The number of fused-ring (bicyclic) bond motifs is 1. The number of para-hydroxylation sites is 1. The molecule has 1 aliphatic rings. The summed E-state index contributed by atoms with van der Waals surface area (Å²) in [6, 6.07) is 15.6. The van der Waals surface area contributed by atoms with Crippen molar-refractivity contribution in [3.63, 3.8) is 0 Å². The van der Waals surface area contributed by atoms with Crippen LogP contribution >= 0.6 is 0 Å². The lowest BCUT2D eigenvalue weighted by Crippen LogP contribution is -2.45. The fourth-order valence-electron chi connectivity index (χ4n) is 3.30. The van der Waals surface area contributed by atoms with Gasteiger partial charge in [0, 0.05) is 12.0 Å². The Kier molecular flexibility index (Phi) is 5.21. The van der Waals surface area contributed by atoms with Crippen LogP contribution in [0, 0.1) is 6.92 Å². The number of hydrogen-bond donors (Lipinski definition) is 1. The van der Waals surface area contributed by atoms with Crippen molar-refractivity contribution in [2.75, 3.05) is 0 Å². The zero-order valence-corrected chi connectivity index (χ0v) is 15.9. The second kappa shape index (κ2) is 7.40. The zero-order valence-electron chi connectivity index (χ0n) is 15.9. The van der Waals surface area contributed by atoms with Crippen molar-refractivity contribution < 1.29 is 14.3 Å². The lowest BCUT2D eigenvalue weighted by atomic mass is 9.89. The molecule has 0 saturated heterocycles. The molecule has 0 bridgehead atoms. The standard InChI is InChI=1S/C22H27NO3/c1-5-19(25-16-12-10-15(2)11-13-16)21(24)23-18-14-22(3,4)26-20-9-7-6-8-17(18)20/h6-13,18-19H,5,14H2,1-4H3,(H,23,24)/t18-,19+/m1/s1. The topological polar surface area (TPSA) is 47.6 Å². The molecule has 0 radical (unpaired) electrons. The van der Waals surface area contributed by atoms with E-state index in [0.717, 1.165) is 23.3 Å². The molecular formula is C22H27NO3. The fourth-order valence-corrected chi connectivity index (χ4v) is 3.30. The Labute approximate surface area is 155 Å². The molecule has 4 heteroatoms. The summed E-state index contributed by atoms with van der Waals surface area (Å²) < 4.78 is 12.0. The Bertz CT molecular complexity index is 767. The summed E-state index contributed by atoms with van der Waals surface area (Å²) in [4.78, 5) is 12.9. The highest BCUT2D eigenvalue weighted by atomic mass is 16.5. The lowest BCUT2D eigenvalue weighted by Gasteiger charge is -2.38. The Morgan fingerprint density at radius 1 is 1.23 bits per heavy atom. The molecule has 0 fully saturated rings. The van der Waals surface area contributed by atoms with Gasteiger partial charge >= 0.3 is 0 Å². The van der Waals surface area contributed by atoms with Crippen LogP contribution in [0.2, 0.25) is 0 Å². The molecule has 3 rings (SSSR count). The Morgan fingerprint density at radius 2 is 1.92 bits per heavy atom. The van der Waals surface area contributed by atoms with Gasteiger partial charge in [0.25, 0.3) is 5.91 Å². The summed E-state index contributed by atoms with van der Waals surface area (Å²) in [5.41, 5.74) is 1.85. The summed E-state index contributed by atoms with van der Waals surface area (Å²) in [5, 5.41) is 3.17. The van der Waals surface area contributed by atoms with Gasteiger partial charge in [-0.15, -0.1) is 0 Å². The molecule has 2 aromatic rings. The van der Waals surface area contributed by atoms with Crippen LogP contribution in [0.5, 0.6) is 11.5 Å². The number of ether oxygens (including phenoxy) is 2. The molecule has 138 valence electrons. The molecule has 4 nitrogen and oxygen atoms in total. The number of amides is 1. The third kappa shape index (κ3) is 4.18. The number of carbonyl (C=O) groups is 1. The first kappa shape index (κ1) is 18.3. The molecule has 0 spiro atoms. The Morgan fingerprint density at radius 3 is 2.62 bits per heavy atom. The average molecular weight is 353 g/mol. The second-order valence-electron chi connectivity index (χ2n) is 7.49. The van der Waals surface area contributed by atoms with E-state index in [1.165, 1.54) is 0 Å². The summed E-state index contributed by atoms with van der Waals surface area (Å²) in [7, 11) is 0. The monoisotopic (exact) mass is 353 g/mol. The molecule has 1 aliphatic heterocycles. The van der Waals surface area contributed by atoms with Gasteiger partial charge < -0.3 is 14.8 Å². The average Bonchev–Trinajstić information content (AvgIpc) is 2.60. The van der Waals surface area contributed by atoms with Crippen molar-refractivity contribution in [2.24, 2.45) is 0 Å². The number of nitrogens with one attached hydrogen (secondary N) is 1. The largest absolute Gasteiger partial charge is 0.487 e. The van der Waals surface area contributed by atoms with E-state index in [1.54, 1.807) is 0 Å². The molecule has 0 saturated carbocycles. The molecule has 0 aliphatic carbocycles. The first-order valence-corrected chi connectivity index (χ1v) is 9.19. The number of hydrogen-bond acceptors (Lipinski definition) is 3. The Hall–Kier alpha value is -2.49. The van der Waals surface area contributed by atoms with Gasteiger partial charge in [0.2, 0.25) is 0 Å². The normalized spacial score (nSPS) is 19.0. The third-order valence-corrected chi connectivity index (χ3v) is 4.66. The van der Waals surface area contributed by atoms with Crippen LogP contribution in [0.3, 0.4) is 0 Å². The van der Waals surface area contributed by atoms with Crippen LogP contribution in [-0.4, -0.2) is 17.6 Å². The van der Waals surface area contributed by atoms with Gasteiger partial charge in [0.1, 0.15) is 17.1 Å². The molecule has 26 heavy (non-hydrogen) atoms. The van der Waals surface area contributed by atoms with Gasteiger partial charge in [-0.05, 0) is 45.4 Å². The lowest BCUT2D eigenvalue weighted by molar-refractivity contribution is -0.129. The summed E-state index contributed by atoms with van der Waals surface area (Å²) in [5.74, 6) is 1.46. The highest BCUT2D eigenvalue weighted by Crippen LogP contribution is 2.39. The van der Waals surface area contributed by atoms with Crippen molar-refractivity contribution in [1.29, 1.82) is 0 Å². The van der Waals surface area contributed by atoms with Crippen molar-refractivity contribution in [3.8, 4) is 11.5 Å². The van der Waals surface area contributed by atoms with Crippen molar-refractivity contribution in [1.82, 2.24) is 5.32 Å². The molecule has 1 N–H and O–H groups in total. The minimum atomic E-state index is -0.518. The van der Waals surface area contributed by atoms with Gasteiger partial charge in [0.05, 0.1) is 6.04 Å². The van der Waals surface area contributed by atoms with Gasteiger partial charge in [-0.25, -0.2) is 0 Å². The molecule has 0 aromatic heterocycles. The first-order chi connectivity index (χ1) is 12.4. The smallest absolute Gasteiger partial charge is 0.261 e. The van der Waals surface area contributed by atoms with E-state index >= 15 is 0 Å². The van der Waals surface area contributed by atoms with Crippen LogP contribution in [0.1, 0.15) is 50.8 Å². The number of rotatable bonds is 5. The summed E-state index contributed by atoms with van der Waals surface area (Å²) in [6.45, 7) is 8.07. The van der Waals surface area contributed by atoms with E-state index in [-0.39, 0.29) is 17.6 Å². The highest BCUT2D eigenvalue weighted by Gasteiger charge is 2.35. The summed E-state index contributed by atoms with van der Waals surface area (Å²) in [6.07, 6.45) is 0.806. The molecular weight excluding hydrogens is 326 g/mol. The van der Waals surface area contributed by atoms with Crippen molar-refractivity contribution in [2.45, 2.75) is 58.3 Å². The fraction of sp³-hybridized carbons (Fsp3) is 0.409. The molecule has 1 heterocycles. The highest BCUT2D eigenvalue weighted by molar-refractivity contribution is 5.81. The zero-order chi connectivity index (χ0) is 18.7. The van der Waals surface area contributed by atoms with Crippen molar-refractivity contribution >= 4 is 5.91 Å². The van der Waals surface area contributed by atoms with Gasteiger partial charge in [-0.3, -0.25) is 4.79 Å². The molecule has 2 aromatic carbocycles. The van der Waals surface area contributed by atoms with E-state index in [4.69, 9.17) is 9.47 Å². The second-order valence-corrected chi connectivity index (χ2v) is 7.49. The van der Waals surface area contributed by atoms with E-state index in [0.29, 0.717) is 12.2 Å². The third-order valence-electron chi connectivity index (χ3n) is 4.66. The van der Waals surface area contributed by atoms with E-state index in [2.05, 4.69) is 5.32 Å². The molecule has 0 unspecified atom stereocenters.